The lowest BCUT2D eigenvalue weighted by molar-refractivity contribution is 0.0682. The summed E-state index contributed by atoms with van der Waals surface area (Å²) >= 11 is 0. The van der Waals surface area contributed by atoms with Gasteiger partial charge in [-0.1, -0.05) is 77.0 Å². The lowest BCUT2D eigenvalue weighted by Gasteiger charge is -2.08. The summed E-state index contributed by atoms with van der Waals surface area (Å²) in [5.74, 6) is -1.88. The zero-order valence-electron chi connectivity index (χ0n) is 22.2. The third kappa shape index (κ3) is 12.2. The molecule has 0 spiro atoms. The van der Waals surface area contributed by atoms with Crippen LogP contribution in [0.4, 0.5) is 0 Å². The van der Waals surface area contributed by atoms with Gasteiger partial charge in [-0.05, 0) is 37.1 Å². The summed E-state index contributed by atoms with van der Waals surface area (Å²) < 4.78 is 11.2. The number of benzene rings is 2. The molecule has 8 heteroatoms. The summed E-state index contributed by atoms with van der Waals surface area (Å²) in [7, 11) is 0. The average Bonchev–Trinajstić information content (AvgIpc) is 2.87. The van der Waals surface area contributed by atoms with Gasteiger partial charge in [0.25, 0.3) is 0 Å². The Hall–Kier alpha value is -3.42. The van der Waals surface area contributed by atoms with Crippen molar-refractivity contribution in [2.24, 2.45) is 0 Å². The second-order valence-electron chi connectivity index (χ2n) is 9.61. The number of carbonyl (C=O) groups is 2. The highest BCUT2D eigenvalue weighted by molar-refractivity contribution is 5.91. The molecule has 0 unspecified atom stereocenters. The number of unbranched alkanes of at least 4 members (excludes halogenated alkanes) is 13. The third-order valence-corrected chi connectivity index (χ3v) is 6.48. The van der Waals surface area contributed by atoms with Crippen LogP contribution in [0.2, 0.25) is 0 Å². The van der Waals surface area contributed by atoms with Gasteiger partial charge in [-0.25, -0.2) is 9.59 Å². The summed E-state index contributed by atoms with van der Waals surface area (Å²) in [5.41, 5.74) is -0.243. The molecule has 0 saturated carbocycles. The molecular weight excluding hydrogens is 488 g/mol. The molecule has 0 radical (unpaired) electrons. The number of aromatic carboxylic acids is 2. The van der Waals surface area contributed by atoms with Crippen LogP contribution >= 0.6 is 0 Å². The van der Waals surface area contributed by atoms with Crippen molar-refractivity contribution in [3.05, 3.63) is 47.5 Å². The van der Waals surface area contributed by atoms with Crippen molar-refractivity contribution in [3.8, 4) is 23.0 Å². The normalized spacial score (nSPS) is 10.8. The van der Waals surface area contributed by atoms with Gasteiger partial charge >= 0.3 is 11.9 Å². The lowest BCUT2D eigenvalue weighted by atomic mass is 10.0. The Morgan fingerprint density at radius 2 is 0.789 bits per heavy atom. The van der Waals surface area contributed by atoms with Gasteiger partial charge in [0.2, 0.25) is 0 Å². The van der Waals surface area contributed by atoms with E-state index in [0.717, 1.165) is 25.7 Å². The Balaban J connectivity index is 1.32. The molecule has 2 aromatic rings. The standard InChI is InChI=1S/C30H42O8/c31-27-21-23(15-17-25(27)29(33)34)37-19-13-11-9-7-5-3-1-2-4-6-8-10-12-14-20-38-24-16-18-26(30(35)36)28(32)22-24/h15-18,21-22,31-32H,1-14,19-20H2,(H,33,34)(H,35,36). The van der Waals surface area contributed by atoms with E-state index < -0.39 is 11.9 Å². The van der Waals surface area contributed by atoms with Crippen LogP contribution in [0.1, 0.15) is 111 Å². The number of phenols is 2. The first-order chi connectivity index (χ1) is 18.4. The molecular formula is C30H42O8. The van der Waals surface area contributed by atoms with Gasteiger partial charge in [0.1, 0.15) is 34.1 Å². The van der Waals surface area contributed by atoms with Crippen LogP contribution < -0.4 is 9.47 Å². The predicted molar refractivity (Wildman–Crippen MR) is 146 cm³/mol. The number of rotatable bonds is 21. The lowest BCUT2D eigenvalue weighted by Crippen LogP contribution is -2.00. The molecule has 0 atom stereocenters. The van der Waals surface area contributed by atoms with E-state index in [4.69, 9.17) is 19.7 Å². The first-order valence-corrected chi connectivity index (χ1v) is 13.8. The van der Waals surface area contributed by atoms with E-state index in [-0.39, 0.29) is 22.6 Å². The van der Waals surface area contributed by atoms with Gasteiger partial charge in [-0.15, -0.1) is 0 Å². The van der Waals surface area contributed by atoms with E-state index in [2.05, 4.69) is 0 Å². The van der Waals surface area contributed by atoms with Crippen molar-refractivity contribution in [2.75, 3.05) is 13.2 Å². The van der Waals surface area contributed by atoms with Crippen molar-refractivity contribution in [3.63, 3.8) is 0 Å². The highest BCUT2D eigenvalue weighted by atomic mass is 16.5. The molecule has 38 heavy (non-hydrogen) atoms. The maximum absolute atomic E-state index is 10.9. The van der Waals surface area contributed by atoms with Gasteiger partial charge in [-0.2, -0.15) is 0 Å². The molecule has 0 amide bonds. The maximum Gasteiger partial charge on any atom is 0.339 e. The quantitative estimate of drug-likeness (QED) is 0.123. The van der Waals surface area contributed by atoms with Gasteiger partial charge in [0.05, 0.1) is 13.2 Å². The molecule has 0 fully saturated rings. The Kier molecular flexibility index (Phi) is 14.5. The van der Waals surface area contributed by atoms with Crippen LogP contribution in [-0.4, -0.2) is 45.6 Å². The summed E-state index contributed by atoms with van der Waals surface area (Å²) in [4.78, 5) is 21.8. The Labute approximate surface area is 225 Å². The number of ether oxygens (including phenoxy) is 2. The topological polar surface area (TPSA) is 134 Å². The fourth-order valence-electron chi connectivity index (χ4n) is 4.27. The van der Waals surface area contributed by atoms with Crippen LogP contribution in [0, 0.1) is 0 Å². The molecule has 0 aliphatic heterocycles. The van der Waals surface area contributed by atoms with Crippen LogP contribution in [-0.2, 0) is 0 Å². The highest BCUT2D eigenvalue weighted by Gasteiger charge is 2.11. The number of aromatic hydroxyl groups is 2. The van der Waals surface area contributed by atoms with Gasteiger partial charge < -0.3 is 29.9 Å². The fourth-order valence-corrected chi connectivity index (χ4v) is 4.27. The van der Waals surface area contributed by atoms with Crippen LogP contribution in [0.25, 0.3) is 0 Å². The maximum atomic E-state index is 10.9. The third-order valence-electron chi connectivity index (χ3n) is 6.48. The Bertz CT molecular complexity index is 909. The van der Waals surface area contributed by atoms with Gasteiger partial charge in [0.15, 0.2) is 0 Å². The number of carboxylic acid groups (broad SMARTS) is 2. The van der Waals surface area contributed by atoms with E-state index in [1.54, 1.807) is 12.1 Å². The molecule has 0 saturated heterocycles. The zero-order chi connectivity index (χ0) is 27.6. The van der Waals surface area contributed by atoms with E-state index in [1.165, 1.54) is 88.5 Å². The smallest absolute Gasteiger partial charge is 0.339 e. The van der Waals surface area contributed by atoms with Crippen molar-refractivity contribution in [1.29, 1.82) is 0 Å². The Morgan fingerprint density at radius 3 is 1.05 bits per heavy atom. The number of hydrogen-bond donors (Lipinski definition) is 4. The largest absolute Gasteiger partial charge is 0.507 e. The zero-order valence-corrected chi connectivity index (χ0v) is 22.2. The molecule has 4 N–H and O–H groups in total. The van der Waals surface area contributed by atoms with Crippen molar-refractivity contribution >= 4 is 11.9 Å². The molecule has 0 aliphatic carbocycles. The minimum atomic E-state index is -1.15. The summed E-state index contributed by atoms with van der Waals surface area (Å²) in [6.45, 7) is 1.12. The Morgan fingerprint density at radius 1 is 0.500 bits per heavy atom. The van der Waals surface area contributed by atoms with Gasteiger partial charge in [-0.3, -0.25) is 0 Å². The van der Waals surface area contributed by atoms with Crippen LogP contribution in [0.5, 0.6) is 23.0 Å². The number of hydrogen-bond acceptors (Lipinski definition) is 6. The fraction of sp³-hybridized carbons (Fsp3) is 0.533. The SMILES string of the molecule is O=C(O)c1ccc(OCCCCCCCCCCCCCCCCOc2ccc(C(=O)O)c(O)c2)cc1O. The molecule has 210 valence electrons. The average molecular weight is 531 g/mol. The van der Waals surface area contributed by atoms with Gasteiger partial charge in [0, 0.05) is 12.1 Å². The molecule has 2 rings (SSSR count). The van der Waals surface area contributed by atoms with E-state index in [1.807, 2.05) is 0 Å². The first-order valence-electron chi connectivity index (χ1n) is 13.8. The monoisotopic (exact) mass is 530 g/mol. The highest BCUT2D eigenvalue weighted by Crippen LogP contribution is 2.25. The minimum absolute atomic E-state index is 0.121. The van der Waals surface area contributed by atoms with E-state index in [9.17, 15) is 19.8 Å². The molecule has 2 aromatic carbocycles. The summed E-state index contributed by atoms with van der Waals surface area (Å²) in [5, 5.41) is 37.2. The van der Waals surface area contributed by atoms with Crippen molar-refractivity contribution in [1.82, 2.24) is 0 Å². The first kappa shape index (κ1) is 30.8. The second kappa shape index (κ2) is 17.9. The summed E-state index contributed by atoms with van der Waals surface area (Å²) in [6, 6.07) is 8.55. The molecule has 0 heterocycles. The predicted octanol–water partition coefficient (Wildman–Crippen LogP) is 7.41. The van der Waals surface area contributed by atoms with Crippen LogP contribution in [0.3, 0.4) is 0 Å². The van der Waals surface area contributed by atoms with Crippen molar-refractivity contribution in [2.45, 2.75) is 89.9 Å². The molecule has 8 nitrogen and oxygen atoms in total. The molecule has 0 aliphatic rings. The molecule has 0 aromatic heterocycles. The van der Waals surface area contributed by atoms with E-state index in [0.29, 0.717) is 24.7 Å². The van der Waals surface area contributed by atoms with Crippen LogP contribution in [0.15, 0.2) is 36.4 Å². The van der Waals surface area contributed by atoms with E-state index >= 15 is 0 Å². The summed E-state index contributed by atoms with van der Waals surface area (Å²) in [6.07, 6.45) is 16.6. The minimum Gasteiger partial charge on any atom is -0.507 e. The number of carboxylic acids is 2. The van der Waals surface area contributed by atoms with Crippen molar-refractivity contribution < 1.29 is 39.5 Å². The molecule has 0 bridgehead atoms. The second-order valence-corrected chi connectivity index (χ2v) is 9.61.